The lowest BCUT2D eigenvalue weighted by molar-refractivity contribution is 0.0680. The molecule has 2 saturated heterocycles. The molecule has 0 spiro atoms. The third-order valence-corrected chi connectivity index (χ3v) is 13.6. The van der Waals surface area contributed by atoms with E-state index in [1.165, 1.54) is 38.5 Å². The minimum atomic E-state index is -0.959. The number of piperidine rings is 2. The second-order valence-corrected chi connectivity index (χ2v) is 18.6. The van der Waals surface area contributed by atoms with E-state index in [4.69, 9.17) is 14.2 Å². The number of ether oxygens (including phenoxy) is 3. The summed E-state index contributed by atoms with van der Waals surface area (Å²) >= 11 is 0. The maximum absolute atomic E-state index is 11.4. The van der Waals surface area contributed by atoms with Crippen LogP contribution < -0.4 is 14.2 Å². The molecule has 4 heterocycles. The fourth-order valence-electron chi connectivity index (χ4n) is 10.0. The van der Waals surface area contributed by atoms with Crippen molar-refractivity contribution in [1.82, 2.24) is 18.9 Å². The summed E-state index contributed by atoms with van der Waals surface area (Å²) in [5.74, 6) is 1.61. The second kappa shape index (κ2) is 23.0. The van der Waals surface area contributed by atoms with Crippen LogP contribution in [0.5, 0.6) is 17.2 Å². The number of hydrogen-bond acceptors (Lipinski definition) is 7. The van der Waals surface area contributed by atoms with Crippen molar-refractivity contribution in [2.24, 2.45) is 5.92 Å². The van der Waals surface area contributed by atoms with Crippen LogP contribution in [0, 0.1) is 5.92 Å². The topological polar surface area (TPSA) is 119 Å². The lowest BCUT2D eigenvalue weighted by atomic mass is 9.89. The third kappa shape index (κ3) is 11.9. The van der Waals surface area contributed by atoms with Crippen LogP contribution in [0.2, 0.25) is 0 Å². The van der Waals surface area contributed by atoms with E-state index in [2.05, 4.69) is 106 Å². The van der Waals surface area contributed by atoms with Crippen molar-refractivity contribution in [3.05, 3.63) is 162 Å². The van der Waals surface area contributed by atoms with Gasteiger partial charge in [0.2, 0.25) is 0 Å². The number of para-hydroxylation sites is 4. The molecule has 68 heavy (non-hydrogen) atoms. The van der Waals surface area contributed by atoms with Gasteiger partial charge in [-0.3, -0.25) is 9.80 Å². The number of nitrogens with zero attached hydrogens (tertiary/aromatic N) is 4. The van der Waals surface area contributed by atoms with Gasteiger partial charge in [0.15, 0.2) is 0 Å². The minimum Gasteiger partial charge on any atom is -0.497 e. The number of fused-ring (bicyclic) bond motifs is 2. The molecule has 9 rings (SSSR count). The smallest absolute Gasteiger partial charge is 0.339 e. The Kier molecular flexibility index (Phi) is 16.2. The van der Waals surface area contributed by atoms with E-state index in [9.17, 15) is 19.8 Å². The number of aromatic nitrogens is 2. The molecule has 0 aliphatic carbocycles. The zero-order valence-electron chi connectivity index (χ0n) is 39.8. The molecule has 2 aliphatic heterocycles. The lowest BCUT2D eigenvalue weighted by Gasteiger charge is -2.31. The van der Waals surface area contributed by atoms with Crippen molar-refractivity contribution in [2.75, 3.05) is 59.6 Å². The Morgan fingerprint density at radius 2 is 1.01 bits per heavy atom. The van der Waals surface area contributed by atoms with Crippen LogP contribution in [0.25, 0.3) is 21.8 Å². The van der Waals surface area contributed by atoms with Gasteiger partial charge in [-0.2, -0.15) is 0 Å². The van der Waals surface area contributed by atoms with E-state index in [0.29, 0.717) is 42.5 Å². The number of likely N-dealkylation sites (tertiary alicyclic amines) is 2. The van der Waals surface area contributed by atoms with E-state index in [1.54, 1.807) is 49.6 Å². The first-order chi connectivity index (χ1) is 33.1. The van der Waals surface area contributed by atoms with Gasteiger partial charge in [0.1, 0.15) is 41.6 Å². The van der Waals surface area contributed by atoms with Gasteiger partial charge >= 0.3 is 11.9 Å². The minimum absolute atomic E-state index is 0.213. The van der Waals surface area contributed by atoms with Crippen molar-refractivity contribution in [3.8, 4) is 17.2 Å². The summed E-state index contributed by atoms with van der Waals surface area (Å²) in [7, 11) is 1.70. The highest BCUT2D eigenvalue weighted by Gasteiger charge is 2.26. The Hall–Kier alpha value is -6.56. The molecule has 2 N–H and O–H groups in total. The summed E-state index contributed by atoms with van der Waals surface area (Å²) in [5, 5.41) is 21.4. The average Bonchev–Trinajstić information content (AvgIpc) is 3.92. The number of aromatic carboxylic acids is 2. The van der Waals surface area contributed by atoms with Gasteiger partial charge in [-0.05, 0) is 141 Å². The van der Waals surface area contributed by atoms with E-state index >= 15 is 0 Å². The van der Waals surface area contributed by atoms with E-state index in [-0.39, 0.29) is 11.1 Å². The first kappa shape index (κ1) is 47.9. The molecule has 0 unspecified atom stereocenters. The average molecular weight is 919 g/mol. The molecule has 2 fully saturated rings. The Morgan fingerprint density at radius 1 is 0.574 bits per heavy atom. The molecule has 2 aromatic heterocycles. The standard InChI is InChI=1S/C31H34N2O4.C26H32N2O3/c1-36-25-12-10-23(11-13-25)14-19-33-22-28(26-6-2-4-8-29(26)33)24-15-17-32(18-16-24)20-21-37-30-9-5-3-7-27(30)31(34)35;1-19(2)17-28-18-23(21-7-3-5-9-24(21)28)20-11-13-27(14-12-20)15-16-31-25-10-6-4-8-22(25)26(29)30/h2-13,22,24H,14-21H2,1H3,(H,34,35);3-10,18-20H,11-17H2,1-2H3,(H,29,30). The normalized spacial score (nSPS) is 15.1. The van der Waals surface area contributed by atoms with Crippen molar-refractivity contribution in [2.45, 2.75) is 70.9 Å². The number of aryl methyl sites for hydroxylation is 2. The number of benzene rings is 5. The predicted octanol–water partition coefficient (Wildman–Crippen LogP) is 11.1. The van der Waals surface area contributed by atoms with Crippen LogP contribution in [0.4, 0.5) is 0 Å². The van der Waals surface area contributed by atoms with Gasteiger partial charge in [0, 0.05) is 60.4 Å². The number of carboxylic acids is 2. The van der Waals surface area contributed by atoms with Crippen molar-refractivity contribution < 1.29 is 34.0 Å². The van der Waals surface area contributed by atoms with Gasteiger partial charge in [-0.15, -0.1) is 0 Å². The maximum Gasteiger partial charge on any atom is 0.339 e. The number of methoxy groups -OCH3 is 1. The molecular formula is C57H66N4O7. The first-order valence-electron chi connectivity index (χ1n) is 24.3. The Bertz CT molecular complexity index is 2740. The molecule has 7 aromatic rings. The molecule has 0 atom stereocenters. The van der Waals surface area contributed by atoms with E-state index in [1.807, 2.05) is 18.2 Å². The summed E-state index contributed by atoms with van der Waals surface area (Å²) in [6.45, 7) is 13.2. The Morgan fingerprint density at radius 3 is 1.49 bits per heavy atom. The maximum atomic E-state index is 11.4. The molecule has 0 saturated carbocycles. The van der Waals surface area contributed by atoms with Crippen molar-refractivity contribution in [1.29, 1.82) is 0 Å². The molecular weight excluding hydrogens is 853 g/mol. The Labute approximate surface area is 400 Å². The summed E-state index contributed by atoms with van der Waals surface area (Å²) in [4.78, 5) is 27.6. The summed E-state index contributed by atoms with van der Waals surface area (Å²) in [6.07, 6.45) is 10.2. The molecule has 0 amide bonds. The first-order valence-corrected chi connectivity index (χ1v) is 24.3. The van der Waals surface area contributed by atoms with Gasteiger partial charge in [-0.25, -0.2) is 9.59 Å². The predicted molar refractivity (Wildman–Crippen MR) is 270 cm³/mol. The van der Waals surface area contributed by atoms with Crippen LogP contribution in [0.1, 0.15) is 88.8 Å². The largest absolute Gasteiger partial charge is 0.497 e. The fourth-order valence-corrected chi connectivity index (χ4v) is 10.0. The lowest BCUT2D eigenvalue weighted by Crippen LogP contribution is -2.35. The van der Waals surface area contributed by atoms with E-state index < -0.39 is 11.9 Å². The number of carbonyl (C=O) groups is 2. The second-order valence-electron chi connectivity index (χ2n) is 18.6. The van der Waals surface area contributed by atoms with Gasteiger partial charge in [0.05, 0.1) is 7.11 Å². The monoisotopic (exact) mass is 918 g/mol. The van der Waals surface area contributed by atoms with Crippen LogP contribution in [-0.4, -0.2) is 101 Å². The Balaban J connectivity index is 0.000000187. The molecule has 11 nitrogen and oxygen atoms in total. The van der Waals surface area contributed by atoms with Crippen LogP contribution >= 0.6 is 0 Å². The fraction of sp³-hybridized carbons (Fsp3) is 0.368. The highest BCUT2D eigenvalue weighted by Crippen LogP contribution is 2.36. The van der Waals surface area contributed by atoms with Gasteiger partial charge < -0.3 is 33.6 Å². The highest BCUT2D eigenvalue weighted by atomic mass is 16.5. The quantitative estimate of drug-likeness (QED) is 0.0867. The van der Waals surface area contributed by atoms with Crippen molar-refractivity contribution >= 4 is 33.7 Å². The third-order valence-electron chi connectivity index (χ3n) is 13.6. The molecule has 356 valence electrons. The molecule has 11 heteroatoms. The molecule has 5 aromatic carbocycles. The SMILES string of the molecule is CC(C)Cn1cc(C2CCN(CCOc3ccccc3C(=O)O)CC2)c2ccccc21.COc1ccc(CCn2cc(C3CCN(CCOc4ccccc4C(=O)O)CC3)c3ccccc32)cc1. The van der Waals surface area contributed by atoms with Gasteiger partial charge in [-0.1, -0.05) is 86.6 Å². The summed E-state index contributed by atoms with van der Waals surface area (Å²) in [6, 6.07) is 39.5. The molecule has 0 radical (unpaired) electrons. The number of hydrogen-bond donors (Lipinski definition) is 2. The van der Waals surface area contributed by atoms with Crippen LogP contribution in [-0.2, 0) is 19.5 Å². The molecule has 2 aliphatic rings. The zero-order valence-corrected chi connectivity index (χ0v) is 39.8. The summed E-state index contributed by atoms with van der Waals surface area (Å²) in [5.41, 5.74) is 7.34. The van der Waals surface area contributed by atoms with Gasteiger partial charge in [0.25, 0.3) is 0 Å². The number of rotatable bonds is 18. The summed E-state index contributed by atoms with van der Waals surface area (Å²) < 4.78 is 21.7. The van der Waals surface area contributed by atoms with Crippen molar-refractivity contribution in [3.63, 3.8) is 0 Å². The van der Waals surface area contributed by atoms with Crippen LogP contribution in [0.15, 0.2) is 134 Å². The highest BCUT2D eigenvalue weighted by molar-refractivity contribution is 5.91. The van der Waals surface area contributed by atoms with E-state index in [0.717, 1.165) is 90.2 Å². The number of carboxylic acid groups (broad SMARTS) is 2. The molecule has 0 bridgehead atoms. The zero-order chi connectivity index (χ0) is 47.4. The van der Waals surface area contributed by atoms with Crippen LogP contribution in [0.3, 0.4) is 0 Å².